The molecule has 1 heterocycles. The first-order chi connectivity index (χ1) is 9.59. The molecule has 3 amide bonds. The van der Waals surface area contributed by atoms with Crippen molar-refractivity contribution >= 4 is 11.9 Å². The van der Waals surface area contributed by atoms with E-state index in [9.17, 15) is 9.59 Å². The molecule has 5 heteroatoms. The summed E-state index contributed by atoms with van der Waals surface area (Å²) in [4.78, 5) is 25.6. The van der Waals surface area contributed by atoms with Gasteiger partial charge in [0.1, 0.15) is 0 Å². The lowest BCUT2D eigenvalue weighted by Crippen LogP contribution is -2.51. The molecule has 0 bridgehead atoms. The third-order valence-electron chi connectivity index (χ3n) is 4.48. The number of rotatable bonds is 4. The molecule has 0 aromatic rings. The maximum Gasteiger partial charge on any atom is 0.317 e. The molecule has 2 N–H and O–H groups in total. The number of piperidine rings is 1. The first-order valence-electron chi connectivity index (χ1n) is 7.91. The van der Waals surface area contributed by atoms with Crippen LogP contribution >= 0.6 is 0 Å². The van der Waals surface area contributed by atoms with Crippen LogP contribution in [-0.2, 0) is 4.79 Å². The molecule has 0 unspecified atom stereocenters. The fourth-order valence-corrected chi connectivity index (χ4v) is 3.37. The van der Waals surface area contributed by atoms with Gasteiger partial charge in [0.15, 0.2) is 0 Å². The van der Waals surface area contributed by atoms with Crippen molar-refractivity contribution in [2.45, 2.75) is 52.0 Å². The molecule has 2 fully saturated rings. The highest BCUT2D eigenvalue weighted by Gasteiger charge is 2.37. The lowest BCUT2D eigenvalue weighted by molar-refractivity contribution is -0.123. The number of fused-ring (bicyclic) bond motifs is 1. The van der Waals surface area contributed by atoms with Gasteiger partial charge in [-0.05, 0) is 31.6 Å². The average molecular weight is 281 g/mol. The Morgan fingerprint density at radius 2 is 1.80 bits per heavy atom. The third kappa shape index (κ3) is 3.64. The van der Waals surface area contributed by atoms with E-state index in [0.717, 1.165) is 25.3 Å². The Hall–Kier alpha value is -1.26. The van der Waals surface area contributed by atoms with Gasteiger partial charge < -0.3 is 15.5 Å². The summed E-state index contributed by atoms with van der Waals surface area (Å²) in [5, 5.41) is 5.75. The Morgan fingerprint density at radius 3 is 2.55 bits per heavy atom. The molecule has 0 aromatic carbocycles. The Balaban J connectivity index is 1.70. The van der Waals surface area contributed by atoms with Crippen LogP contribution in [0.25, 0.3) is 0 Å². The van der Waals surface area contributed by atoms with Gasteiger partial charge in [0.2, 0.25) is 5.91 Å². The monoisotopic (exact) mass is 281 g/mol. The van der Waals surface area contributed by atoms with E-state index in [1.54, 1.807) is 0 Å². The smallest absolute Gasteiger partial charge is 0.317 e. The quantitative estimate of drug-likeness (QED) is 0.771. The van der Waals surface area contributed by atoms with Crippen LogP contribution in [0.4, 0.5) is 4.79 Å². The molecular weight excluding hydrogens is 254 g/mol. The van der Waals surface area contributed by atoms with Crippen LogP contribution in [0.5, 0.6) is 0 Å². The van der Waals surface area contributed by atoms with Crippen molar-refractivity contribution in [3.63, 3.8) is 0 Å². The fraction of sp³-hybridized carbons (Fsp3) is 0.867. The minimum Gasteiger partial charge on any atom is -0.354 e. The van der Waals surface area contributed by atoms with Gasteiger partial charge in [-0.3, -0.25) is 4.79 Å². The van der Waals surface area contributed by atoms with E-state index in [0.29, 0.717) is 19.1 Å². The zero-order valence-electron chi connectivity index (χ0n) is 12.7. The zero-order valence-corrected chi connectivity index (χ0v) is 12.7. The molecule has 114 valence electrons. The third-order valence-corrected chi connectivity index (χ3v) is 4.48. The lowest BCUT2D eigenvalue weighted by atomic mass is 9.92. The molecule has 2 atom stereocenters. The van der Waals surface area contributed by atoms with Crippen molar-refractivity contribution < 1.29 is 9.59 Å². The van der Waals surface area contributed by atoms with Crippen LogP contribution in [0.15, 0.2) is 0 Å². The molecule has 1 aliphatic heterocycles. The van der Waals surface area contributed by atoms with Gasteiger partial charge in [-0.15, -0.1) is 0 Å². The van der Waals surface area contributed by atoms with Crippen LogP contribution in [0, 0.1) is 11.8 Å². The van der Waals surface area contributed by atoms with Crippen LogP contribution in [0.3, 0.4) is 0 Å². The zero-order chi connectivity index (χ0) is 14.5. The second-order valence-electron chi connectivity index (χ2n) is 6.27. The molecule has 1 saturated heterocycles. The summed E-state index contributed by atoms with van der Waals surface area (Å²) in [6, 6.07) is 0.495. The average Bonchev–Trinajstić information content (AvgIpc) is 2.90. The molecule has 0 spiro atoms. The number of urea groups is 1. The van der Waals surface area contributed by atoms with E-state index >= 15 is 0 Å². The number of likely N-dealkylation sites (tertiary alicyclic amines) is 1. The summed E-state index contributed by atoms with van der Waals surface area (Å²) in [6.07, 6.45) is 6.09. The van der Waals surface area contributed by atoms with E-state index in [2.05, 4.69) is 10.6 Å². The minimum absolute atomic E-state index is 0.00737. The molecule has 5 nitrogen and oxygen atoms in total. The molecule has 0 aromatic heterocycles. The highest BCUT2D eigenvalue weighted by atomic mass is 16.2. The number of carbonyl (C=O) groups excluding carboxylic acids is 2. The molecule has 0 radical (unpaired) electrons. The number of nitrogens with one attached hydrogen (secondary N) is 2. The van der Waals surface area contributed by atoms with Crippen molar-refractivity contribution in [3.05, 3.63) is 0 Å². The fourth-order valence-electron chi connectivity index (χ4n) is 3.37. The summed E-state index contributed by atoms with van der Waals surface area (Å²) in [7, 11) is 0. The number of amides is 3. The first kappa shape index (κ1) is 15.1. The maximum absolute atomic E-state index is 12.2. The second kappa shape index (κ2) is 6.95. The predicted octanol–water partition coefficient (Wildman–Crippen LogP) is 1.73. The minimum atomic E-state index is -0.00737. The Morgan fingerprint density at radius 1 is 1.10 bits per heavy atom. The number of nitrogens with zero attached hydrogens (tertiary/aromatic N) is 1. The van der Waals surface area contributed by atoms with Gasteiger partial charge in [0.05, 0.1) is 0 Å². The largest absolute Gasteiger partial charge is 0.354 e. The second-order valence-corrected chi connectivity index (χ2v) is 6.27. The number of carbonyl (C=O) groups is 2. The Labute approximate surface area is 121 Å². The van der Waals surface area contributed by atoms with Crippen LogP contribution in [-0.4, -0.2) is 42.5 Å². The first-order valence-corrected chi connectivity index (χ1v) is 7.91. The topological polar surface area (TPSA) is 61.4 Å². The van der Waals surface area contributed by atoms with Crippen molar-refractivity contribution in [2.75, 3.05) is 19.6 Å². The SMILES string of the molecule is CC(C)C(=O)NCCNC(=O)N1CCC[C@@H]2CCC[C@H]21. The van der Waals surface area contributed by atoms with Crippen LogP contribution in [0.1, 0.15) is 46.0 Å². The molecule has 2 rings (SSSR count). The highest BCUT2D eigenvalue weighted by molar-refractivity contribution is 5.78. The van der Waals surface area contributed by atoms with E-state index in [1.165, 1.54) is 19.3 Å². The van der Waals surface area contributed by atoms with Gasteiger partial charge in [0.25, 0.3) is 0 Å². The van der Waals surface area contributed by atoms with Crippen molar-refractivity contribution in [2.24, 2.45) is 11.8 Å². The summed E-state index contributed by atoms with van der Waals surface area (Å²) < 4.78 is 0. The van der Waals surface area contributed by atoms with Gasteiger partial charge in [-0.1, -0.05) is 20.3 Å². The van der Waals surface area contributed by atoms with E-state index < -0.39 is 0 Å². The van der Waals surface area contributed by atoms with E-state index in [1.807, 2.05) is 18.7 Å². The van der Waals surface area contributed by atoms with Crippen molar-refractivity contribution in [1.82, 2.24) is 15.5 Å². The summed E-state index contributed by atoms with van der Waals surface area (Å²) in [6.45, 7) is 5.62. The highest BCUT2D eigenvalue weighted by Crippen LogP contribution is 2.36. The standard InChI is InChI=1S/C15H27N3O2/c1-11(2)14(19)16-8-9-17-15(20)18-10-4-6-12-5-3-7-13(12)18/h11-13H,3-10H2,1-2H3,(H,16,19)(H,17,20)/t12-,13+/m0/s1. The summed E-state index contributed by atoms with van der Waals surface area (Å²) >= 11 is 0. The molecule has 20 heavy (non-hydrogen) atoms. The molecule has 1 saturated carbocycles. The maximum atomic E-state index is 12.2. The summed E-state index contributed by atoms with van der Waals surface area (Å²) in [5.74, 6) is 0.746. The predicted molar refractivity (Wildman–Crippen MR) is 78.3 cm³/mol. The van der Waals surface area contributed by atoms with E-state index in [-0.39, 0.29) is 17.9 Å². The van der Waals surface area contributed by atoms with Gasteiger partial charge >= 0.3 is 6.03 Å². The Bertz CT molecular complexity index is 357. The molecular formula is C15H27N3O2. The van der Waals surface area contributed by atoms with Gasteiger partial charge in [-0.25, -0.2) is 4.79 Å². The van der Waals surface area contributed by atoms with Gasteiger partial charge in [0, 0.05) is 31.6 Å². The number of hydrogen-bond donors (Lipinski definition) is 2. The van der Waals surface area contributed by atoms with E-state index in [4.69, 9.17) is 0 Å². The van der Waals surface area contributed by atoms with Crippen LogP contribution in [0.2, 0.25) is 0 Å². The molecule has 2 aliphatic rings. The summed E-state index contributed by atoms with van der Waals surface area (Å²) in [5.41, 5.74) is 0. The lowest BCUT2D eigenvalue weighted by Gasteiger charge is -2.37. The van der Waals surface area contributed by atoms with Gasteiger partial charge in [-0.2, -0.15) is 0 Å². The molecule has 1 aliphatic carbocycles. The van der Waals surface area contributed by atoms with Crippen LogP contribution < -0.4 is 10.6 Å². The normalized spacial score (nSPS) is 25.4. The number of hydrogen-bond acceptors (Lipinski definition) is 2. The van der Waals surface area contributed by atoms with Crippen molar-refractivity contribution in [3.8, 4) is 0 Å². The Kier molecular flexibility index (Phi) is 5.26. The van der Waals surface area contributed by atoms with Crippen molar-refractivity contribution in [1.29, 1.82) is 0 Å².